The Bertz CT molecular complexity index is 474. The Kier molecular flexibility index (Phi) is 4.76. The van der Waals surface area contributed by atoms with Crippen LogP contribution in [0.5, 0.6) is 0 Å². The maximum atomic E-state index is 11.9. The molecule has 0 unspecified atom stereocenters. The third kappa shape index (κ3) is 3.37. The Balaban J connectivity index is 2.26. The first-order valence-electron chi connectivity index (χ1n) is 7.04. The van der Waals surface area contributed by atoms with Crippen LogP contribution in [0, 0.1) is 0 Å². The van der Waals surface area contributed by atoms with Gasteiger partial charge in [0.05, 0.1) is 28.1 Å². The van der Waals surface area contributed by atoms with Gasteiger partial charge >= 0.3 is 5.97 Å². The van der Waals surface area contributed by atoms with E-state index < -0.39 is 5.97 Å². The molecule has 0 radical (unpaired) electrons. The minimum atomic E-state index is -0.390. The average molecular weight is 297 g/mol. The van der Waals surface area contributed by atoms with Gasteiger partial charge in [0.25, 0.3) is 0 Å². The van der Waals surface area contributed by atoms with Crippen LogP contribution < -0.4 is 10.6 Å². The monoisotopic (exact) mass is 296 g/mol. The number of halogens is 1. The quantitative estimate of drug-likeness (QED) is 0.685. The molecule has 0 amide bonds. The van der Waals surface area contributed by atoms with Gasteiger partial charge in [-0.15, -0.1) is 0 Å². The van der Waals surface area contributed by atoms with Crippen LogP contribution in [0.4, 0.5) is 11.4 Å². The number of benzene rings is 1. The summed E-state index contributed by atoms with van der Waals surface area (Å²) in [6, 6.07) is 3.30. The number of rotatable bonds is 3. The molecule has 1 saturated heterocycles. The lowest BCUT2D eigenvalue weighted by molar-refractivity contribution is 0.0378. The number of esters is 1. The van der Waals surface area contributed by atoms with Crippen LogP contribution in [0.1, 0.15) is 43.5 Å². The summed E-state index contributed by atoms with van der Waals surface area (Å²) in [5, 5.41) is 0.516. The summed E-state index contributed by atoms with van der Waals surface area (Å²) < 4.78 is 5.16. The molecule has 20 heavy (non-hydrogen) atoms. The number of nitrogen functional groups attached to an aromatic ring is 1. The maximum Gasteiger partial charge on any atom is 0.338 e. The van der Waals surface area contributed by atoms with E-state index in [1.165, 1.54) is 6.42 Å². The van der Waals surface area contributed by atoms with Crippen molar-refractivity contribution in [3.05, 3.63) is 22.7 Å². The Hall–Kier alpha value is -1.42. The zero-order chi connectivity index (χ0) is 14.7. The van der Waals surface area contributed by atoms with Crippen LogP contribution in [0.2, 0.25) is 5.02 Å². The smallest absolute Gasteiger partial charge is 0.338 e. The molecule has 0 aromatic heterocycles. The third-order valence-electron chi connectivity index (χ3n) is 3.34. The number of nitrogens with zero attached hydrogens (tertiary/aromatic N) is 1. The molecule has 1 heterocycles. The number of anilines is 2. The molecule has 0 saturated carbocycles. The van der Waals surface area contributed by atoms with Gasteiger partial charge in [0.2, 0.25) is 0 Å². The molecule has 0 bridgehead atoms. The Morgan fingerprint density at radius 2 is 1.95 bits per heavy atom. The van der Waals surface area contributed by atoms with Crippen LogP contribution in [0.3, 0.4) is 0 Å². The fraction of sp³-hybridized carbons (Fsp3) is 0.533. The van der Waals surface area contributed by atoms with Crippen molar-refractivity contribution < 1.29 is 9.53 Å². The number of hydrogen-bond acceptors (Lipinski definition) is 4. The predicted molar refractivity (Wildman–Crippen MR) is 82.5 cm³/mol. The van der Waals surface area contributed by atoms with Crippen molar-refractivity contribution in [1.29, 1.82) is 0 Å². The van der Waals surface area contributed by atoms with E-state index >= 15 is 0 Å². The van der Waals surface area contributed by atoms with Crippen LogP contribution in [0.25, 0.3) is 0 Å². The van der Waals surface area contributed by atoms with Crippen molar-refractivity contribution in [2.75, 3.05) is 23.7 Å². The minimum Gasteiger partial charge on any atom is -0.459 e. The van der Waals surface area contributed by atoms with Gasteiger partial charge < -0.3 is 15.4 Å². The Morgan fingerprint density at radius 3 is 2.50 bits per heavy atom. The number of piperidine rings is 1. The topological polar surface area (TPSA) is 55.6 Å². The van der Waals surface area contributed by atoms with E-state index in [0.717, 1.165) is 31.6 Å². The first-order chi connectivity index (χ1) is 9.49. The highest BCUT2D eigenvalue weighted by atomic mass is 35.5. The standard InChI is InChI=1S/C15H21ClN2O2/c1-10(2)20-15(19)11-8-12(16)14(13(17)9-11)18-6-4-3-5-7-18/h8-10H,3-7,17H2,1-2H3. The average Bonchev–Trinajstić information content (AvgIpc) is 2.38. The van der Waals surface area contributed by atoms with Crippen molar-refractivity contribution in [2.24, 2.45) is 0 Å². The molecule has 1 aliphatic rings. The number of nitrogens with two attached hydrogens (primary N) is 1. The van der Waals surface area contributed by atoms with Gasteiger partial charge in [-0.2, -0.15) is 0 Å². The first-order valence-corrected chi connectivity index (χ1v) is 7.42. The van der Waals surface area contributed by atoms with Crippen LogP contribution >= 0.6 is 11.6 Å². The highest BCUT2D eigenvalue weighted by Gasteiger charge is 2.20. The Labute approximate surface area is 124 Å². The van der Waals surface area contributed by atoms with Crippen molar-refractivity contribution in [3.63, 3.8) is 0 Å². The predicted octanol–water partition coefficient (Wildman–Crippen LogP) is 3.48. The summed E-state index contributed by atoms with van der Waals surface area (Å²) in [4.78, 5) is 14.1. The van der Waals surface area contributed by atoms with E-state index in [-0.39, 0.29) is 6.10 Å². The Morgan fingerprint density at radius 1 is 1.30 bits per heavy atom. The van der Waals surface area contributed by atoms with Crippen LogP contribution in [-0.2, 0) is 4.74 Å². The molecule has 4 nitrogen and oxygen atoms in total. The van der Waals surface area contributed by atoms with Crippen molar-refractivity contribution in [3.8, 4) is 0 Å². The molecule has 0 atom stereocenters. The second kappa shape index (κ2) is 6.35. The molecule has 2 rings (SSSR count). The van der Waals surface area contributed by atoms with E-state index in [1.54, 1.807) is 12.1 Å². The normalized spacial score (nSPS) is 15.5. The maximum absolute atomic E-state index is 11.9. The molecule has 110 valence electrons. The van der Waals surface area contributed by atoms with Gasteiger partial charge in [-0.25, -0.2) is 4.79 Å². The van der Waals surface area contributed by atoms with E-state index in [1.807, 2.05) is 13.8 Å². The zero-order valence-electron chi connectivity index (χ0n) is 12.0. The molecule has 0 spiro atoms. The van der Waals surface area contributed by atoms with Crippen molar-refractivity contribution >= 4 is 28.9 Å². The highest BCUT2D eigenvalue weighted by molar-refractivity contribution is 6.34. The van der Waals surface area contributed by atoms with E-state index in [2.05, 4.69) is 4.90 Å². The largest absolute Gasteiger partial charge is 0.459 e. The molecular formula is C15H21ClN2O2. The minimum absolute atomic E-state index is 0.163. The molecular weight excluding hydrogens is 276 g/mol. The zero-order valence-corrected chi connectivity index (χ0v) is 12.7. The molecule has 1 aromatic carbocycles. The number of hydrogen-bond donors (Lipinski definition) is 1. The van der Waals surface area contributed by atoms with Crippen LogP contribution in [0.15, 0.2) is 12.1 Å². The van der Waals surface area contributed by atoms with Gasteiger partial charge in [0, 0.05) is 13.1 Å². The number of carbonyl (C=O) groups excluding carboxylic acids is 1. The molecule has 1 fully saturated rings. The van der Waals surface area contributed by atoms with Gasteiger partial charge in [0.1, 0.15) is 0 Å². The summed E-state index contributed by atoms with van der Waals surface area (Å²) in [6.07, 6.45) is 3.37. The lowest BCUT2D eigenvalue weighted by Crippen LogP contribution is -2.30. The second-order valence-electron chi connectivity index (χ2n) is 5.40. The van der Waals surface area contributed by atoms with Crippen LogP contribution in [-0.4, -0.2) is 25.2 Å². The summed E-state index contributed by atoms with van der Waals surface area (Å²) in [6.45, 7) is 5.54. The highest BCUT2D eigenvalue weighted by Crippen LogP contribution is 2.35. The fourth-order valence-electron chi connectivity index (χ4n) is 2.47. The van der Waals surface area contributed by atoms with Crippen molar-refractivity contribution in [2.45, 2.75) is 39.2 Å². The number of ether oxygens (including phenoxy) is 1. The van der Waals surface area contributed by atoms with Crippen molar-refractivity contribution in [1.82, 2.24) is 0 Å². The van der Waals surface area contributed by atoms with Gasteiger partial charge in [-0.3, -0.25) is 0 Å². The number of carbonyl (C=O) groups is 1. The summed E-state index contributed by atoms with van der Waals surface area (Å²) in [5.74, 6) is -0.390. The van der Waals surface area contributed by atoms with Gasteiger partial charge in [-0.05, 0) is 45.2 Å². The van der Waals surface area contributed by atoms with E-state index in [4.69, 9.17) is 22.1 Å². The molecule has 2 N–H and O–H groups in total. The first kappa shape index (κ1) is 15.0. The lowest BCUT2D eigenvalue weighted by Gasteiger charge is -2.30. The summed E-state index contributed by atoms with van der Waals surface area (Å²) in [5.41, 5.74) is 7.87. The SMILES string of the molecule is CC(C)OC(=O)c1cc(N)c(N2CCCCC2)c(Cl)c1. The molecule has 1 aromatic rings. The lowest BCUT2D eigenvalue weighted by atomic mass is 10.1. The molecule has 5 heteroatoms. The summed E-state index contributed by atoms with van der Waals surface area (Å²) in [7, 11) is 0. The third-order valence-corrected chi connectivity index (χ3v) is 3.63. The fourth-order valence-corrected chi connectivity index (χ4v) is 2.82. The van der Waals surface area contributed by atoms with E-state index in [9.17, 15) is 4.79 Å². The van der Waals surface area contributed by atoms with Gasteiger partial charge in [-0.1, -0.05) is 11.6 Å². The summed E-state index contributed by atoms with van der Waals surface area (Å²) >= 11 is 6.32. The second-order valence-corrected chi connectivity index (χ2v) is 5.80. The molecule has 1 aliphatic heterocycles. The van der Waals surface area contributed by atoms with E-state index in [0.29, 0.717) is 16.3 Å². The molecule has 0 aliphatic carbocycles. The van der Waals surface area contributed by atoms with Gasteiger partial charge in [0.15, 0.2) is 0 Å².